The fourth-order valence-electron chi connectivity index (χ4n) is 5.69. The van der Waals surface area contributed by atoms with Gasteiger partial charge in [0.2, 0.25) is 5.91 Å². The molecule has 3 amide bonds. The maximum Gasteiger partial charge on any atom is 0.258 e. The first-order chi connectivity index (χ1) is 21.2. The van der Waals surface area contributed by atoms with Crippen LogP contribution in [0.4, 0.5) is 11.4 Å². The monoisotopic (exact) mass is 654 g/mol. The van der Waals surface area contributed by atoms with Crippen molar-refractivity contribution >= 4 is 61.6 Å². The van der Waals surface area contributed by atoms with Gasteiger partial charge < -0.3 is 25.2 Å². The van der Waals surface area contributed by atoms with Crippen LogP contribution < -0.4 is 25.2 Å². The van der Waals surface area contributed by atoms with E-state index in [0.29, 0.717) is 34.7 Å². The number of carbonyl (C=O) groups is 4. The number of benzene rings is 4. The van der Waals surface area contributed by atoms with Crippen LogP contribution >= 0.6 is 15.9 Å². The molecule has 2 aliphatic heterocycles. The molecule has 4 aromatic carbocycles. The van der Waals surface area contributed by atoms with Crippen LogP contribution in [0.2, 0.25) is 0 Å². The molecule has 0 aliphatic carbocycles. The third kappa shape index (κ3) is 5.58. The quantitative estimate of drug-likeness (QED) is 0.276. The second-order valence-electron chi connectivity index (χ2n) is 10.9. The first kappa shape index (κ1) is 29.5. The average molecular weight is 656 g/mol. The third-order valence-electron chi connectivity index (χ3n) is 8.22. The lowest BCUT2D eigenvalue weighted by Crippen LogP contribution is -2.59. The number of amides is 3. The van der Waals surface area contributed by atoms with Crippen molar-refractivity contribution in [2.24, 2.45) is 0 Å². The SMILES string of the molecule is COc1ccc2cc(Br)ccc2c1CN1C(=O)C(NC(=O)[C@@H]2CCN2)CN(C(=O)c2ccc(C(C)=O)cc2)c2ccccc21. The number of rotatable bonds is 7. The summed E-state index contributed by atoms with van der Waals surface area (Å²) in [5, 5.41) is 7.89. The van der Waals surface area contributed by atoms with Gasteiger partial charge in [-0.05, 0) is 73.1 Å². The predicted octanol–water partition coefficient (Wildman–Crippen LogP) is 4.85. The number of hydrogen-bond donors (Lipinski definition) is 2. The van der Waals surface area contributed by atoms with Crippen LogP contribution in [0.1, 0.15) is 39.6 Å². The minimum Gasteiger partial charge on any atom is -0.496 e. The summed E-state index contributed by atoms with van der Waals surface area (Å²) in [4.78, 5) is 56.7. The lowest BCUT2D eigenvalue weighted by atomic mass is 10.0. The van der Waals surface area contributed by atoms with Crippen molar-refractivity contribution in [2.45, 2.75) is 32.0 Å². The Bertz CT molecular complexity index is 1790. The van der Waals surface area contributed by atoms with Gasteiger partial charge >= 0.3 is 0 Å². The summed E-state index contributed by atoms with van der Waals surface area (Å²) in [6.45, 7) is 2.27. The van der Waals surface area contributed by atoms with E-state index in [-0.39, 0.29) is 42.6 Å². The maximum absolute atomic E-state index is 14.5. The molecular formula is C34H31BrN4O5. The molecule has 224 valence electrons. The zero-order chi connectivity index (χ0) is 31.0. The van der Waals surface area contributed by atoms with Crippen molar-refractivity contribution in [1.82, 2.24) is 10.6 Å². The van der Waals surface area contributed by atoms with Gasteiger partial charge in [0, 0.05) is 21.2 Å². The van der Waals surface area contributed by atoms with E-state index in [0.717, 1.165) is 27.4 Å². The summed E-state index contributed by atoms with van der Waals surface area (Å²) in [7, 11) is 1.59. The van der Waals surface area contributed by atoms with E-state index in [2.05, 4.69) is 26.6 Å². The van der Waals surface area contributed by atoms with Crippen LogP contribution in [0.15, 0.2) is 83.3 Å². The van der Waals surface area contributed by atoms with Crippen LogP contribution in [0.5, 0.6) is 5.75 Å². The van der Waals surface area contributed by atoms with Crippen LogP contribution in [-0.2, 0) is 16.1 Å². The van der Waals surface area contributed by atoms with E-state index >= 15 is 0 Å². The van der Waals surface area contributed by atoms with E-state index in [1.165, 1.54) is 11.8 Å². The summed E-state index contributed by atoms with van der Waals surface area (Å²) in [6.07, 6.45) is 0.671. The zero-order valence-corrected chi connectivity index (χ0v) is 25.9. The van der Waals surface area contributed by atoms with Gasteiger partial charge in [0.1, 0.15) is 11.8 Å². The number of anilines is 2. The Hall–Kier alpha value is -4.54. The number of halogens is 1. The van der Waals surface area contributed by atoms with Crippen molar-refractivity contribution < 1.29 is 23.9 Å². The molecule has 2 atom stereocenters. The highest BCUT2D eigenvalue weighted by atomic mass is 79.9. The Morgan fingerprint density at radius 2 is 1.68 bits per heavy atom. The average Bonchev–Trinajstić information content (AvgIpc) is 3.10. The number of para-hydroxylation sites is 2. The molecule has 2 heterocycles. The predicted molar refractivity (Wildman–Crippen MR) is 172 cm³/mol. The molecule has 2 aliphatic rings. The summed E-state index contributed by atoms with van der Waals surface area (Å²) in [5.74, 6) is -0.466. The van der Waals surface area contributed by atoms with Crippen LogP contribution in [0, 0.1) is 0 Å². The Kier molecular flexibility index (Phi) is 8.20. The van der Waals surface area contributed by atoms with E-state index in [4.69, 9.17) is 4.74 Å². The maximum atomic E-state index is 14.5. The highest BCUT2D eigenvalue weighted by Crippen LogP contribution is 2.38. The molecule has 0 saturated carbocycles. The largest absolute Gasteiger partial charge is 0.496 e. The smallest absolute Gasteiger partial charge is 0.258 e. The van der Waals surface area contributed by atoms with Gasteiger partial charge in [-0.3, -0.25) is 19.2 Å². The number of fused-ring (bicyclic) bond motifs is 2. The molecule has 1 fully saturated rings. The number of nitrogens with zero attached hydrogens (tertiary/aromatic N) is 2. The molecule has 0 aromatic heterocycles. The molecule has 6 rings (SSSR count). The Labute approximate surface area is 263 Å². The fraction of sp³-hybridized carbons (Fsp3) is 0.235. The highest BCUT2D eigenvalue weighted by molar-refractivity contribution is 9.10. The number of ether oxygens (including phenoxy) is 1. The third-order valence-corrected chi connectivity index (χ3v) is 8.71. The summed E-state index contributed by atoms with van der Waals surface area (Å²) in [6, 6.07) is 22.0. The van der Waals surface area contributed by atoms with E-state index in [9.17, 15) is 19.2 Å². The number of methoxy groups -OCH3 is 1. The molecule has 44 heavy (non-hydrogen) atoms. The van der Waals surface area contributed by atoms with Crippen molar-refractivity contribution in [3.05, 3.63) is 100 Å². The minimum absolute atomic E-state index is 0.0717. The molecule has 0 bridgehead atoms. The Morgan fingerprint density at radius 1 is 0.977 bits per heavy atom. The normalized spacial score (nSPS) is 17.8. The second kappa shape index (κ2) is 12.2. The van der Waals surface area contributed by atoms with Crippen molar-refractivity contribution in [2.75, 3.05) is 30.0 Å². The summed E-state index contributed by atoms with van der Waals surface area (Å²) >= 11 is 3.54. The number of carbonyl (C=O) groups excluding carboxylic acids is 4. The molecule has 1 saturated heterocycles. The van der Waals surface area contributed by atoms with E-state index in [1.54, 1.807) is 48.4 Å². The van der Waals surface area contributed by atoms with Gasteiger partial charge in [0.15, 0.2) is 5.78 Å². The molecule has 0 spiro atoms. The molecule has 2 N–H and O–H groups in total. The summed E-state index contributed by atoms with van der Waals surface area (Å²) < 4.78 is 6.68. The molecule has 1 unspecified atom stereocenters. The fourth-order valence-corrected chi connectivity index (χ4v) is 6.07. The van der Waals surface area contributed by atoms with Gasteiger partial charge in [0.25, 0.3) is 11.8 Å². The van der Waals surface area contributed by atoms with Gasteiger partial charge in [-0.2, -0.15) is 0 Å². The van der Waals surface area contributed by atoms with Gasteiger partial charge in [0.05, 0.1) is 37.6 Å². The van der Waals surface area contributed by atoms with Crippen molar-refractivity contribution in [3.8, 4) is 5.75 Å². The zero-order valence-electron chi connectivity index (χ0n) is 24.3. The Morgan fingerprint density at radius 3 is 2.34 bits per heavy atom. The molecule has 4 aromatic rings. The van der Waals surface area contributed by atoms with Gasteiger partial charge in [-0.1, -0.05) is 52.3 Å². The molecule has 9 nitrogen and oxygen atoms in total. The van der Waals surface area contributed by atoms with Gasteiger partial charge in [-0.15, -0.1) is 0 Å². The van der Waals surface area contributed by atoms with Crippen LogP contribution in [0.3, 0.4) is 0 Å². The van der Waals surface area contributed by atoms with Crippen LogP contribution in [-0.4, -0.2) is 55.8 Å². The highest BCUT2D eigenvalue weighted by Gasteiger charge is 2.39. The molecule has 10 heteroatoms. The van der Waals surface area contributed by atoms with Gasteiger partial charge in [-0.25, -0.2) is 0 Å². The number of ketones is 1. The Balaban J connectivity index is 1.46. The van der Waals surface area contributed by atoms with E-state index < -0.39 is 6.04 Å². The number of Topliss-reactive ketones (excluding diaryl/α,β-unsaturated/α-hetero) is 1. The van der Waals surface area contributed by atoms with E-state index in [1.807, 2.05) is 42.5 Å². The first-order valence-corrected chi connectivity index (χ1v) is 15.2. The van der Waals surface area contributed by atoms with Crippen LogP contribution in [0.25, 0.3) is 10.8 Å². The lowest BCUT2D eigenvalue weighted by Gasteiger charge is -2.30. The first-order valence-electron chi connectivity index (χ1n) is 14.4. The second-order valence-corrected chi connectivity index (χ2v) is 11.8. The molecular weight excluding hydrogens is 624 g/mol. The standard InChI is InChI=1S/C34H31BrN4O5/c1-20(40)21-7-9-22(10-8-21)33(42)39-19-28(37-32(41)27-15-16-36-27)34(43)38(29-5-3-4-6-30(29)39)18-26-25-13-12-24(35)17-23(25)11-14-31(26)44-2/h3-14,17,27-28,36H,15-16,18-19H2,1-2H3,(H,37,41)/t27-,28?/m0/s1. The lowest BCUT2D eigenvalue weighted by molar-refractivity contribution is -0.129. The summed E-state index contributed by atoms with van der Waals surface area (Å²) in [5.41, 5.74) is 2.71. The topological polar surface area (TPSA) is 108 Å². The van der Waals surface area contributed by atoms with Crippen molar-refractivity contribution in [3.63, 3.8) is 0 Å². The van der Waals surface area contributed by atoms with Crippen molar-refractivity contribution in [1.29, 1.82) is 0 Å². The minimum atomic E-state index is -1.02. The molecule has 0 radical (unpaired) electrons. The number of nitrogens with one attached hydrogen (secondary N) is 2. The number of hydrogen-bond acceptors (Lipinski definition) is 6.